The molecule has 54 heavy (non-hydrogen) atoms. The van der Waals surface area contributed by atoms with Crippen LogP contribution in [0.15, 0.2) is 17.5 Å². The summed E-state index contributed by atoms with van der Waals surface area (Å²) in [6, 6.07) is -6.15. The molecule has 0 saturated carbocycles. The number of aldehydes is 1. The molecule has 0 aliphatic rings. The van der Waals surface area contributed by atoms with Crippen molar-refractivity contribution in [2.24, 2.45) is 28.3 Å². The van der Waals surface area contributed by atoms with Crippen LogP contribution in [0.5, 0.6) is 0 Å². The molecule has 7 amide bonds. The fraction of sp³-hybridized carbons (Fsp3) is 0.647. The molecule has 0 radical (unpaired) electrons. The summed E-state index contributed by atoms with van der Waals surface area (Å²) < 4.78 is 0. The number of carbonyl (C=O) groups excluding carboxylic acids is 8. The summed E-state index contributed by atoms with van der Waals surface area (Å²) in [4.78, 5) is 112. The molecule has 0 spiro atoms. The topological polar surface area (TPSA) is 314 Å². The van der Waals surface area contributed by atoms with Gasteiger partial charge in [-0.15, -0.1) is 0 Å². The second-order valence-electron chi connectivity index (χ2n) is 13.9. The normalized spacial score (nSPS) is 14.2. The van der Waals surface area contributed by atoms with Crippen molar-refractivity contribution >= 4 is 53.6 Å². The number of nitrogens with one attached hydrogen (secondary N) is 8. The van der Waals surface area contributed by atoms with Crippen LogP contribution in [0.25, 0.3) is 0 Å². The van der Waals surface area contributed by atoms with Crippen LogP contribution in [-0.4, -0.2) is 113 Å². The maximum Gasteiger partial charge on any atom is 0.243 e. The van der Waals surface area contributed by atoms with E-state index >= 15 is 0 Å². The summed E-state index contributed by atoms with van der Waals surface area (Å²) in [5.41, 5.74) is 11.1. The number of guanidine groups is 1. The van der Waals surface area contributed by atoms with Crippen LogP contribution in [0.2, 0.25) is 0 Å². The van der Waals surface area contributed by atoms with Crippen LogP contribution in [0.3, 0.4) is 0 Å². The van der Waals surface area contributed by atoms with Gasteiger partial charge in [-0.1, -0.05) is 27.7 Å². The monoisotopic (exact) mass is 762 g/mol. The van der Waals surface area contributed by atoms with Crippen molar-refractivity contribution in [2.45, 2.75) is 117 Å². The van der Waals surface area contributed by atoms with E-state index in [0.717, 1.165) is 0 Å². The lowest BCUT2D eigenvalue weighted by molar-refractivity contribution is -0.134. The second kappa shape index (κ2) is 23.9. The first kappa shape index (κ1) is 46.5. The van der Waals surface area contributed by atoms with Crippen molar-refractivity contribution < 1.29 is 38.4 Å². The molecule has 0 unspecified atom stereocenters. The van der Waals surface area contributed by atoms with Crippen LogP contribution in [0, 0.1) is 11.8 Å². The quantitative estimate of drug-likeness (QED) is 0.0225. The first-order valence-corrected chi connectivity index (χ1v) is 17.9. The predicted octanol–water partition coefficient (Wildman–Crippen LogP) is -2.62. The molecular formula is C34H58N12O8. The molecule has 1 aromatic heterocycles. The minimum atomic E-state index is -1.15. The van der Waals surface area contributed by atoms with Gasteiger partial charge in [-0.2, -0.15) is 0 Å². The lowest BCUT2D eigenvalue weighted by atomic mass is 10.0. The Labute approximate surface area is 315 Å². The number of hydrogen-bond acceptors (Lipinski definition) is 10. The van der Waals surface area contributed by atoms with Gasteiger partial charge in [-0.3, -0.25) is 38.6 Å². The van der Waals surface area contributed by atoms with Gasteiger partial charge in [0.1, 0.15) is 36.5 Å². The van der Waals surface area contributed by atoms with E-state index in [9.17, 15) is 38.4 Å². The zero-order chi connectivity index (χ0) is 41.0. The highest BCUT2D eigenvalue weighted by molar-refractivity contribution is 5.96. The fourth-order valence-electron chi connectivity index (χ4n) is 5.09. The number of hydrogen-bond donors (Lipinski definition) is 10. The molecule has 0 saturated heterocycles. The molecular weight excluding hydrogens is 704 g/mol. The van der Waals surface area contributed by atoms with Crippen LogP contribution >= 0.6 is 0 Å². The largest absolute Gasteiger partial charge is 0.370 e. The van der Waals surface area contributed by atoms with Gasteiger partial charge in [0.2, 0.25) is 41.4 Å². The smallest absolute Gasteiger partial charge is 0.243 e. The van der Waals surface area contributed by atoms with Gasteiger partial charge in [0.15, 0.2) is 5.96 Å². The first-order chi connectivity index (χ1) is 25.3. The highest BCUT2D eigenvalue weighted by Gasteiger charge is 2.30. The standard InChI is InChI=1S/C34H58N12O8/c1-18(2)11-25(46-33(54)27(13-24-14-37-17-40-24)45-30(51)20(5)41-22(7)48)31(52)39-15-28(49)44-26(12-19(3)4)32(53)42-21(6)29(50)43-23(16-47)9-8-10-38-34(35)36/h14,16-21,23,25-27H,8-13,15H2,1-7H3,(H,37,40)(H,39,52)(H,41,48)(H,42,53)(H,43,50)(H,44,49)(H,45,51)(H,46,54)(H4,35,36,38)/t20-,21-,23-,25-,26-,27-/m0/s1. The van der Waals surface area contributed by atoms with Gasteiger partial charge in [-0.05, 0) is 51.4 Å². The Bertz CT molecular complexity index is 1450. The van der Waals surface area contributed by atoms with Gasteiger partial charge in [-0.25, -0.2) is 4.98 Å². The predicted molar refractivity (Wildman–Crippen MR) is 199 cm³/mol. The minimum Gasteiger partial charge on any atom is -0.370 e. The molecule has 20 nitrogen and oxygen atoms in total. The summed E-state index contributed by atoms with van der Waals surface area (Å²) in [5, 5.41) is 17.9. The number of rotatable bonds is 24. The second-order valence-corrected chi connectivity index (χ2v) is 13.9. The number of H-pyrrole nitrogens is 1. The van der Waals surface area contributed by atoms with E-state index in [1.807, 2.05) is 27.7 Å². The zero-order valence-electron chi connectivity index (χ0n) is 32.1. The molecule has 1 aromatic rings. The molecule has 0 fully saturated rings. The van der Waals surface area contributed by atoms with Crippen molar-refractivity contribution in [1.82, 2.24) is 47.2 Å². The van der Waals surface area contributed by atoms with Crippen molar-refractivity contribution in [3.63, 3.8) is 0 Å². The molecule has 1 rings (SSSR count). The van der Waals surface area contributed by atoms with E-state index in [4.69, 9.17) is 11.5 Å². The Morgan fingerprint density at radius 3 is 1.85 bits per heavy atom. The number of aliphatic imine (C=N–C) groups is 1. The number of aromatic nitrogens is 2. The molecule has 6 atom stereocenters. The zero-order valence-corrected chi connectivity index (χ0v) is 32.1. The number of aromatic amines is 1. The molecule has 20 heteroatoms. The maximum absolute atomic E-state index is 13.5. The Morgan fingerprint density at radius 2 is 1.31 bits per heavy atom. The van der Waals surface area contributed by atoms with Gasteiger partial charge >= 0.3 is 0 Å². The third-order valence-electron chi connectivity index (χ3n) is 7.76. The number of carbonyl (C=O) groups is 8. The Balaban J connectivity index is 2.92. The maximum atomic E-state index is 13.5. The third-order valence-corrected chi connectivity index (χ3v) is 7.76. The third kappa shape index (κ3) is 18.8. The van der Waals surface area contributed by atoms with E-state index in [-0.39, 0.29) is 50.0 Å². The molecule has 12 N–H and O–H groups in total. The average molecular weight is 763 g/mol. The van der Waals surface area contributed by atoms with Gasteiger partial charge in [0.25, 0.3) is 0 Å². The summed E-state index contributed by atoms with van der Waals surface area (Å²) in [5.74, 6) is -4.59. The van der Waals surface area contributed by atoms with Crippen LogP contribution in [0.4, 0.5) is 0 Å². The van der Waals surface area contributed by atoms with Crippen molar-refractivity contribution in [1.29, 1.82) is 0 Å². The SMILES string of the molecule is CC(=O)N[C@@H](C)C(=O)N[C@@H](Cc1cnc[nH]1)C(=O)N[C@@H](CC(C)C)C(=O)NCC(=O)N[C@@H](CC(C)C)C(=O)N[C@@H](C)C(=O)N[C@H](C=O)CCCN=C(N)N. The number of nitrogens with zero attached hydrogens (tertiary/aromatic N) is 2. The molecule has 0 bridgehead atoms. The lowest BCUT2D eigenvalue weighted by Gasteiger charge is -2.25. The van der Waals surface area contributed by atoms with Gasteiger partial charge in [0, 0.05) is 31.8 Å². The molecule has 1 heterocycles. The Kier molecular flexibility index (Phi) is 20.6. The Hall–Kier alpha value is -5.56. The first-order valence-electron chi connectivity index (χ1n) is 17.9. The van der Waals surface area contributed by atoms with Crippen LogP contribution in [0.1, 0.15) is 79.8 Å². The number of imidazole rings is 1. The van der Waals surface area contributed by atoms with Crippen molar-refractivity contribution in [3.8, 4) is 0 Å². The van der Waals surface area contributed by atoms with Crippen LogP contribution < -0.4 is 48.7 Å². The summed E-state index contributed by atoms with van der Waals surface area (Å²) in [7, 11) is 0. The Morgan fingerprint density at radius 1 is 0.759 bits per heavy atom. The van der Waals surface area contributed by atoms with E-state index in [1.165, 1.54) is 33.3 Å². The molecule has 302 valence electrons. The van der Waals surface area contributed by atoms with Gasteiger partial charge < -0.3 is 58.5 Å². The summed E-state index contributed by atoms with van der Waals surface area (Å²) in [6.45, 7) is 11.2. The van der Waals surface area contributed by atoms with E-state index in [0.29, 0.717) is 18.4 Å². The van der Waals surface area contributed by atoms with Crippen molar-refractivity contribution in [2.75, 3.05) is 13.1 Å². The number of nitrogens with two attached hydrogens (primary N) is 2. The fourth-order valence-corrected chi connectivity index (χ4v) is 5.09. The van der Waals surface area contributed by atoms with Crippen molar-refractivity contribution in [3.05, 3.63) is 18.2 Å². The highest BCUT2D eigenvalue weighted by Crippen LogP contribution is 2.08. The lowest BCUT2D eigenvalue weighted by Crippen LogP contribution is -2.58. The van der Waals surface area contributed by atoms with E-state index in [1.54, 1.807) is 0 Å². The van der Waals surface area contributed by atoms with Gasteiger partial charge in [0.05, 0.1) is 18.9 Å². The van der Waals surface area contributed by atoms with E-state index in [2.05, 4.69) is 52.2 Å². The molecule has 0 aliphatic carbocycles. The van der Waals surface area contributed by atoms with Crippen LogP contribution in [-0.2, 0) is 44.8 Å². The highest BCUT2D eigenvalue weighted by atomic mass is 16.2. The molecule has 0 aromatic carbocycles. The minimum absolute atomic E-state index is 0.000728. The van der Waals surface area contributed by atoms with E-state index < -0.39 is 84.1 Å². The summed E-state index contributed by atoms with van der Waals surface area (Å²) >= 11 is 0. The molecule has 0 aliphatic heterocycles. The summed E-state index contributed by atoms with van der Waals surface area (Å²) in [6.07, 6.45) is 4.55. The average Bonchev–Trinajstić information content (AvgIpc) is 3.59. The number of amides is 7.